The zero-order valence-corrected chi connectivity index (χ0v) is 14.7. The molecule has 0 aromatic carbocycles. The van der Waals surface area contributed by atoms with Crippen LogP contribution in [-0.4, -0.2) is 29.9 Å². The number of hydrogen-bond donors (Lipinski definition) is 3. The van der Waals surface area contributed by atoms with Crippen LogP contribution >= 0.6 is 24.0 Å². The van der Waals surface area contributed by atoms with Crippen molar-refractivity contribution in [3.05, 3.63) is 36.0 Å². The van der Waals surface area contributed by atoms with E-state index in [0.29, 0.717) is 31.3 Å². The van der Waals surface area contributed by atoms with Crippen molar-refractivity contribution in [3.63, 3.8) is 0 Å². The summed E-state index contributed by atoms with van der Waals surface area (Å²) in [4.78, 5) is 19.8. The van der Waals surface area contributed by atoms with Gasteiger partial charge in [0, 0.05) is 19.2 Å². The van der Waals surface area contributed by atoms with Crippen molar-refractivity contribution in [2.75, 3.05) is 18.4 Å². The van der Waals surface area contributed by atoms with E-state index in [0.717, 1.165) is 11.1 Å². The van der Waals surface area contributed by atoms with Gasteiger partial charge in [0.25, 0.3) is 0 Å². The number of aromatic nitrogens is 1. The Kier molecular flexibility index (Phi) is 9.35. The van der Waals surface area contributed by atoms with Crippen molar-refractivity contribution >= 4 is 41.7 Å². The Hall–Kier alpha value is -1.64. The first-order valence-corrected chi connectivity index (χ1v) is 6.38. The third-order valence-corrected chi connectivity index (χ3v) is 2.36. The minimum absolute atomic E-state index is 0. The second kappa shape index (κ2) is 10.1. The number of nitrogens with zero attached hydrogens (tertiary/aromatic N) is 2. The van der Waals surface area contributed by atoms with Crippen LogP contribution in [0.1, 0.15) is 18.9 Å². The van der Waals surface area contributed by atoms with Crippen molar-refractivity contribution in [2.45, 2.75) is 20.3 Å². The predicted octanol–water partition coefficient (Wildman–Crippen LogP) is 1.82. The first kappa shape index (κ1) is 19.4. The molecule has 7 heteroatoms. The minimum atomic E-state index is -0.124. The zero-order valence-electron chi connectivity index (χ0n) is 12.3. The van der Waals surface area contributed by atoms with Crippen LogP contribution in [-0.2, 0) is 4.79 Å². The average molecular weight is 403 g/mol. The number of pyridine rings is 1. The number of carbonyl (C=O) groups is 1. The lowest BCUT2D eigenvalue weighted by Crippen LogP contribution is -2.34. The average Bonchev–Trinajstić information content (AvgIpc) is 2.39. The van der Waals surface area contributed by atoms with Crippen LogP contribution in [0.25, 0.3) is 0 Å². The van der Waals surface area contributed by atoms with Gasteiger partial charge < -0.3 is 16.4 Å². The number of aryl methyl sites for hydroxylation is 1. The molecule has 1 amide bonds. The number of guanidine groups is 1. The van der Waals surface area contributed by atoms with Crippen LogP contribution < -0.4 is 16.4 Å². The SMILES string of the molecule is C=C(C)CN=C(N)NCCC(=O)Nc1ccc(C)cn1.I. The Morgan fingerprint density at radius 1 is 1.48 bits per heavy atom. The van der Waals surface area contributed by atoms with Crippen LogP contribution in [0.3, 0.4) is 0 Å². The molecule has 0 spiro atoms. The number of rotatable bonds is 6. The molecule has 0 aliphatic heterocycles. The molecule has 0 unspecified atom stereocenters. The molecule has 0 fully saturated rings. The van der Waals surface area contributed by atoms with Crippen LogP contribution in [0.15, 0.2) is 35.5 Å². The smallest absolute Gasteiger partial charge is 0.227 e. The summed E-state index contributed by atoms with van der Waals surface area (Å²) in [7, 11) is 0. The van der Waals surface area contributed by atoms with E-state index >= 15 is 0 Å². The lowest BCUT2D eigenvalue weighted by atomic mass is 10.3. The topological polar surface area (TPSA) is 92.4 Å². The number of amides is 1. The first-order valence-electron chi connectivity index (χ1n) is 6.38. The van der Waals surface area contributed by atoms with Crippen LogP contribution in [0.4, 0.5) is 5.82 Å². The van der Waals surface area contributed by atoms with E-state index < -0.39 is 0 Å². The molecule has 0 atom stereocenters. The highest BCUT2D eigenvalue weighted by Gasteiger charge is 2.03. The normalized spacial score (nSPS) is 10.5. The van der Waals surface area contributed by atoms with Gasteiger partial charge in [-0.05, 0) is 25.5 Å². The van der Waals surface area contributed by atoms with Crippen LogP contribution in [0.2, 0.25) is 0 Å². The highest BCUT2D eigenvalue weighted by molar-refractivity contribution is 14.0. The Morgan fingerprint density at radius 2 is 2.19 bits per heavy atom. The molecule has 1 aromatic heterocycles. The van der Waals surface area contributed by atoms with Crippen LogP contribution in [0, 0.1) is 6.92 Å². The highest BCUT2D eigenvalue weighted by Crippen LogP contribution is 2.03. The summed E-state index contributed by atoms with van der Waals surface area (Å²) in [5.41, 5.74) is 7.61. The van der Waals surface area contributed by atoms with E-state index in [9.17, 15) is 4.79 Å². The number of nitrogens with one attached hydrogen (secondary N) is 2. The maximum absolute atomic E-state index is 11.7. The number of anilines is 1. The van der Waals surface area contributed by atoms with Crippen LogP contribution in [0.5, 0.6) is 0 Å². The summed E-state index contributed by atoms with van der Waals surface area (Å²) in [5.74, 6) is 0.736. The van der Waals surface area contributed by atoms with E-state index in [-0.39, 0.29) is 29.9 Å². The Balaban J connectivity index is 0.00000400. The van der Waals surface area contributed by atoms with Crippen molar-refractivity contribution in [1.29, 1.82) is 0 Å². The van der Waals surface area contributed by atoms with E-state index in [4.69, 9.17) is 5.73 Å². The van der Waals surface area contributed by atoms with Gasteiger partial charge in [0.05, 0.1) is 6.54 Å². The van der Waals surface area contributed by atoms with Crippen molar-refractivity contribution in [3.8, 4) is 0 Å². The molecule has 0 bridgehead atoms. The Bertz CT molecular complexity index is 499. The number of nitrogens with two attached hydrogens (primary N) is 1. The van der Waals surface area contributed by atoms with Gasteiger partial charge >= 0.3 is 0 Å². The monoisotopic (exact) mass is 403 g/mol. The maximum Gasteiger partial charge on any atom is 0.227 e. The molecule has 0 saturated carbocycles. The van der Waals surface area contributed by atoms with Gasteiger partial charge in [-0.25, -0.2) is 9.98 Å². The second-order valence-corrected chi connectivity index (χ2v) is 4.60. The molecular formula is C14H22IN5O. The molecule has 6 nitrogen and oxygen atoms in total. The molecule has 116 valence electrons. The maximum atomic E-state index is 11.7. The molecule has 1 aromatic rings. The molecule has 4 N–H and O–H groups in total. The van der Waals surface area contributed by atoms with Crippen molar-refractivity contribution < 1.29 is 4.79 Å². The summed E-state index contributed by atoms with van der Waals surface area (Å²) < 4.78 is 0. The molecule has 21 heavy (non-hydrogen) atoms. The number of carbonyl (C=O) groups excluding carboxylic acids is 1. The number of halogens is 1. The van der Waals surface area contributed by atoms with E-state index in [1.165, 1.54) is 0 Å². The Morgan fingerprint density at radius 3 is 2.76 bits per heavy atom. The van der Waals surface area contributed by atoms with E-state index in [1.807, 2.05) is 19.9 Å². The fourth-order valence-electron chi connectivity index (χ4n) is 1.33. The van der Waals surface area contributed by atoms with Gasteiger partial charge in [-0.1, -0.05) is 18.2 Å². The molecule has 0 saturated heterocycles. The fourth-order valence-corrected chi connectivity index (χ4v) is 1.33. The van der Waals surface area contributed by atoms with Crippen molar-refractivity contribution in [2.24, 2.45) is 10.7 Å². The van der Waals surface area contributed by atoms with E-state index in [1.54, 1.807) is 12.3 Å². The summed E-state index contributed by atoms with van der Waals surface area (Å²) in [6.07, 6.45) is 2.00. The quantitative estimate of drug-likeness (QED) is 0.293. The van der Waals surface area contributed by atoms with Crippen molar-refractivity contribution in [1.82, 2.24) is 10.3 Å². The highest BCUT2D eigenvalue weighted by atomic mass is 127. The lowest BCUT2D eigenvalue weighted by molar-refractivity contribution is -0.116. The van der Waals surface area contributed by atoms with Gasteiger partial charge in [0.2, 0.25) is 5.91 Å². The molecular weight excluding hydrogens is 381 g/mol. The van der Waals surface area contributed by atoms with Gasteiger partial charge in [0.15, 0.2) is 5.96 Å². The van der Waals surface area contributed by atoms with E-state index in [2.05, 4.69) is 27.2 Å². The van der Waals surface area contributed by atoms with Gasteiger partial charge in [0.1, 0.15) is 5.82 Å². The van der Waals surface area contributed by atoms with Gasteiger partial charge in [-0.3, -0.25) is 4.79 Å². The minimum Gasteiger partial charge on any atom is -0.370 e. The number of aliphatic imine (C=N–C) groups is 1. The summed E-state index contributed by atoms with van der Waals surface area (Å²) in [6, 6.07) is 3.66. The zero-order chi connectivity index (χ0) is 15.0. The lowest BCUT2D eigenvalue weighted by Gasteiger charge is -2.06. The Labute approximate surface area is 142 Å². The standard InChI is InChI=1S/C14H21N5O.HI/c1-10(2)8-18-14(15)16-7-6-13(20)19-12-5-4-11(3)9-17-12;/h4-5,9H,1,6-8H2,2-3H3,(H3,15,16,18)(H,17,19,20);1H. The summed E-state index contributed by atoms with van der Waals surface area (Å²) in [5, 5.41) is 5.58. The summed E-state index contributed by atoms with van der Waals surface area (Å²) in [6.45, 7) is 8.45. The van der Waals surface area contributed by atoms with Gasteiger partial charge in [-0.2, -0.15) is 0 Å². The number of hydrogen-bond acceptors (Lipinski definition) is 3. The molecule has 0 radical (unpaired) electrons. The third-order valence-electron chi connectivity index (χ3n) is 2.36. The molecule has 0 aliphatic rings. The third kappa shape index (κ3) is 9.01. The predicted molar refractivity (Wildman–Crippen MR) is 96.9 cm³/mol. The summed E-state index contributed by atoms with van der Waals surface area (Å²) >= 11 is 0. The second-order valence-electron chi connectivity index (χ2n) is 4.60. The largest absolute Gasteiger partial charge is 0.370 e. The van der Waals surface area contributed by atoms with Gasteiger partial charge in [-0.15, -0.1) is 24.0 Å². The first-order chi connectivity index (χ1) is 9.47. The molecule has 1 heterocycles. The fraction of sp³-hybridized carbons (Fsp3) is 0.357. The molecule has 0 aliphatic carbocycles. The molecule has 1 rings (SSSR count).